The Hall–Kier alpha value is -0.860. The lowest BCUT2D eigenvalue weighted by Gasteiger charge is -2.18. The highest BCUT2D eigenvalue weighted by Crippen LogP contribution is 2.28. The highest BCUT2D eigenvalue weighted by molar-refractivity contribution is 5.28. The Morgan fingerprint density at radius 1 is 1.40 bits per heavy atom. The Bertz CT molecular complexity index is 320. The van der Waals surface area contributed by atoms with Crippen LogP contribution in [0.2, 0.25) is 0 Å². The van der Waals surface area contributed by atoms with Gasteiger partial charge in [0.1, 0.15) is 0 Å². The largest absolute Gasteiger partial charge is 0.394 e. The van der Waals surface area contributed by atoms with Crippen LogP contribution in [0, 0.1) is 12.8 Å². The van der Waals surface area contributed by atoms with Crippen molar-refractivity contribution in [2.45, 2.75) is 25.8 Å². The molecule has 0 saturated heterocycles. The number of aliphatic hydroxyl groups is 1. The fourth-order valence-corrected chi connectivity index (χ4v) is 1.88. The SMILES string of the molecule is Cc1ccccc1C(CO)NCC1CC1. The number of hydrogen-bond acceptors (Lipinski definition) is 2. The summed E-state index contributed by atoms with van der Waals surface area (Å²) < 4.78 is 0. The van der Waals surface area contributed by atoms with Crippen LogP contribution in [0.4, 0.5) is 0 Å². The fraction of sp³-hybridized carbons (Fsp3) is 0.538. The Morgan fingerprint density at radius 3 is 2.73 bits per heavy atom. The zero-order valence-corrected chi connectivity index (χ0v) is 9.24. The molecule has 2 N–H and O–H groups in total. The maximum atomic E-state index is 9.37. The predicted molar refractivity (Wildman–Crippen MR) is 61.7 cm³/mol. The number of hydrogen-bond donors (Lipinski definition) is 2. The van der Waals surface area contributed by atoms with Crippen molar-refractivity contribution in [3.05, 3.63) is 35.4 Å². The average Bonchev–Trinajstić information content (AvgIpc) is 3.05. The molecule has 0 radical (unpaired) electrons. The molecule has 1 fully saturated rings. The lowest BCUT2D eigenvalue weighted by molar-refractivity contribution is 0.243. The quantitative estimate of drug-likeness (QED) is 0.771. The summed E-state index contributed by atoms with van der Waals surface area (Å²) in [5, 5.41) is 12.8. The minimum Gasteiger partial charge on any atom is -0.394 e. The second-order valence-corrected chi connectivity index (χ2v) is 4.44. The third-order valence-corrected chi connectivity index (χ3v) is 3.10. The molecule has 1 aromatic rings. The van der Waals surface area contributed by atoms with Gasteiger partial charge in [-0.15, -0.1) is 0 Å². The van der Waals surface area contributed by atoms with E-state index in [0.29, 0.717) is 0 Å². The Morgan fingerprint density at radius 2 is 2.13 bits per heavy atom. The topological polar surface area (TPSA) is 32.3 Å². The van der Waals surface area contributed by atoms with Crippen molar-refractivity contribution < 1.29 is 5.11 Å². The summed E-state index contributed by atoms with van der Waals surface area (Å²) in [4.78, 5) is 0. The van der Waals surface area contributed by atoms with Gasteiger partial charge in [0.25, 0.3) is 0 Å². The molecule has 0 amide bonds. The van der Waals surface area contributed by atoms with Crippen LogP contribution in [0.1, 0.15) is 30.0 Å². The van der Waals surface area contributed by atoms with Crippen molar-refractivity contribution in [2.75, 3.05) is 13.2 Å². The molecule has 82 valence electrons. The van der Waals surface area contributed by atoms with E-state index in [1.165, 1.54) is 24.0 Å². The molecular weight excluding hydrogens is 186 g/mol. The summed E-state index contributed by atoms with van der Waals surface area (Å²) in [6.45, 7) is 3.31. The van der Waals surface area contributed by atoms with Gasteiger partial charge in [-0.25, -0.2) is 0 Å². The van der Waals surface area contributed by atoms with Gasteiger partial charge in [-0.05, 0) is 43.4 Å². The molecule has 2 nitrogen and oxygen atoms in total. The minimum absolute atomic E-state index is 0.104. The molecular formula is C13H19NO. The number of aliphatic hydroxyl groups excluding tert-OH is 1. The summed E-state index contributed by atoms with van der Waals surface area (Å²) in [6, 6.07) is 8.36. The van der Waals surface area contributed by atoms with Gasteiger partial charge in [0.15, 0.2) is 0 Å². The predicted octanol–water partition coefficient (Wildman–Crippen LogP) is 2.03. The molecule has 1 unspecified atom stereocenters. The van der Waals surface area contributed by atoms with Crippen molar-refractivity contribution >= 4 is 0 Å². The van der Waals surface area contributed by atoms with Gasteiger partial charge < -0.3 is 10.4 Å². The van der Waals surface area contributed by atoms with Crippen molar-refractivity contribution in [1.82, 2.24) is 5.32 Å². The first-order valence-electron chi connectivity index (χ1n) is 5.71. The van der Waals surface area contributed by atoms with Crippen LogP contribution in [-0.2, 0) is 0 Å². The van der Waals surface area contributed by atoms with E-state index in [1.54, 1.807) is 0 Å². The minimum atomic E-state index is 0.104. The van der Waals surface area contributed by atoms with Crippen LogP contribution < -0.4 is 5.32 Å². The molecule has 2 rings (SSSR count). The molecule has 0 aliphatic heterocycles. The number of nitrogens with one attached hydrogen (secondary N) is 1. The van der Waals surface area contributed by atoms with E-state index in [0.717, 1.165) is 12.5 Å². The molecule has 1 aliphatic carbocycles. The molecule has 0 aromatic heterocycles. The molecule has 2 heteroatoms. The first-order valence-corrected chi connectivity index (χ1v) is 5.71. The fourth-order valence-electron chi connectivity index (χ4n) is 1.88. The van der Waals surface area contributed by atoms with Crippen molar-refractivity contribution in [3.63, 3.8) is 0 Å². The number of rotatable bonds is 5. The van der Waals surface area contributed by atoms with Gasteiger partial charge in [0, 0.05) is 0 Å². The van der Waals surface area contributed by atoms with E-state index in [4.69, 9.17) is 0 Å². The number of aryl methyl sites for hydroxylation is 1. The zero-order valence-electron chi connectivity index (χ0n) is 9.24. The summed E-state index contributed by atoms with van der Waals surface area (Å²) in [5.41, 5.74) is 2.47. The average molecular weight is 205 g/mol. The molecule has 0 spiro atoms. The maximum Gasteiger partial charge on any atom is 0.0626 e. The molecule has 15 heavy (non-hydrogen) atoms. The van der Waals surface area contributed by atoms with Crippen LogP contribution in [0.3, 0.4) is 0 Å². The summed E-state index contributed by atoms with van der Waals surface area (Å²) in [7, 11) is 0. The maximum absolute atomic E-state index is 9.37. The molecule has 0 bridgehead atoms. The van der Waals surface area contributed by atoms with Gasteiger partial charge >= 0.3 is 0 Å². The first-order chi connectivity index (χ1) is 7.31. The third-order valence-electron chi connectivity index (χ3n) is 3.10. The molecule has 0 heterocycles. The van der Waals surface area contributed by atoms with Gasteiger partial charge in [-0.2, -0.15) is 0 Å². The van der Waals surface area contributed by atoms with Crippen molar-refractivity contribution in [2.24, 2.45) is 5.92 Å². The molecule has 1 saturated carbocycles. The molecule has 1 aliphatic rings. The van der Waals surface area contributed by atoms with Crippen LogP contribution in [0.25, 0.3) is 0 Å². The van der Waals surface area contributed by atoms with Gasteiger partial charge in [-0.1, -0.05) is 24.3 Å². The Kier molecular flexibility index (Phi) is 3.39. The Balaban J connectivity index is 2.00. The van der Waals surface area contributed by atoms with E-state index in [-0.39, 0.29) is 12.6 Å². The van der Waals surface area contributed by atoms with Crippen molar-refractivity contribution in [3.8, 4) is 0 Å². The second-order valence-electron chi connectivity index (χ2n) is 4.44. The van der Waals surface area contributed by atoms with E-state index >= 15 is 0 Å². The van der Waals surface area contributed by atoms with Crippen LogP contribution >= 0.6 is 0 Å². The van der Waals surface area contributed by atoms with E-state index in [9.17, 15) is 5.11 Å². The van der Waals surface area contributed by atoms with E-state index < -0.39 is 0 Å². The third kappa shape index (κ3) is 2.80. The van der Waals surface area contributed by atoms with Crippen LogP contribution in [-0.4, -0.2) is 18.3 Å². The zero-order chi connectivity index (χ0) is 10.7. The van der Waals surface area contributed by atoms with Crippen molar-refractivity contribution in [1.29, 1.82) is 0 Å². The van der Waals surface area contributed by atoms with Crippen LogP contribution in [0.5, 0.6) is 0 Å². The van der Waals surface area contributed by atoms with Gasteiger partial charge in [0.05, 0.1) is 12.6 Å². The standard InChI is InChI=1S/C13H19NO/c1-10-4-2-3-5-12(10)13(9-15)14-8-11-6-7-11/h2-5,11,13-15H,6-9H2,1H3. The van der Waals surface area contributed by atoms with E-state index in [2.05, 4.69) is 24.4 Å². The smallest absolute Gasteiger partial charge is 0.0626 e. The monoisotopic (exact) mass is 205 g/mol. The first kappa shape index (κ1) is 10.7. The molecule has 1 atom stereocenters. The highest BCUT2D eigenvalue weighted by Gasteiger charge is 2.22. The lowest BCUT2D eigenvalue weighted by Crippen LogP contribution is -2.26. The summed E-state index contributed by atoms with van der Waals surface area (Å²) in [6.07, 6.45) is 2.69. The summed E-state index contributed by atoms with van der Waals surface area (Å²) >= 11 is 0. The van der Waals surface area contributed by atoms with Gasteiger partial charge in [0.2, 0.25) is 0 Å². The summed E-state index contributed by atoms with van der Waals surface area (Å²) in [5.74, 6) is 0.850. The number of benzene rings is 1. The normalized spacial score (nSPS) is 17.7. The molecule has 1 aromatic carbocycles. The second kappa shape index (κ2) is 4.77. The lowest BCUT2D eigenvalue weighted by atomic mass is 10.0. The van der Waals surface area contributed by atoms with Crippen LogP contribution in [0.15, 0.2) is 24.3 Å². The van der Waals surface area contributed by atoms with E-state index in [1.807, 2.05) is 12.1 Å². The van der Waals surface area contributed by atoms with Gasteiger partial charge in [-0.3, -0.25) is 0 Å². The Labute approximate surface area is 91.3 Å². The highest BCUT2D eigenvalue weighted by atomic mass is 16.3.